The number of fused-ring (bicyclic) bond motifs is 1. The Hall–Kier alpha value is -1.39. The number of hydrogen-bond acceptors (Lipinski definition) is 3. The Morgan fingerprint density at radius 2 is 2.21 bits per heavy atom. The molecule has 0 saturated carbocycles. The predicted molar refractivity (Wildman–Crippen MR) is 75.0 cm³/mol. The van der Waals surface area contributed by atoms with Gasteiger partial charge in [-0.15, -0.1) is 0 Å². The highest BCUT2D eigenvalue weighted by atomic mass is 16.5. The maximum atomic E-state index is 11.5. The van der Waals surface area contributed by atoms with Crippen LogP contribution in [0.25, 0.3) is 0 Å². The lowest BCUT2D eigenvalue weighted by Gasteiger charge is -2.13. The van der Waals surface area contributed by atoms with Gasteiger partial charge in [0, 0.05) is 32.7 Å². The molecule has 4 heteroatoms. The highest BCUT2D eigenvalue weighted by molar-refractivity contribution is 5.76. The highest BCUT2D eigenvalue weighted by Gasteiger charge is 2.20. The van der Waals surface area contributed by atoms with Gasteiger partial charge in [0.15, 0.2) is 0 Å². The molecule has 0 heterocycles. The van der Waals surface area contributed by atoms with Crippen molar-refractivity contribution in [2.75, 3.05) is 26.8 Å². The number of amides is 1. The fourth-order valence-electron chi connectivity index (χ4n) is 2.51. The molecule has 19 heavy (non-hydrogen) atoms. The Morgan fingerprint density at radius 1 is 1.37 bits per heavy atom. The summed E-state index contributed by atoms with van der Waals surface area (Å²) in [4.78, 5) is 11.5. The van der Waals surface area contributed by atoms with Gasteiger partial charge >= 0.3 is 0 Å². The molecule has 0 spiro atoms. The lowest BCUT2D eigenvalue weighted by atomic mass is 10.1. The van der Waals surface area contributed by atoms with Crippen LogP contribution in [-0.4, -0.2) is 32.7 Å². The van der Waals surface area contributed by atoms with Gasteiger partial charge in [-0.1, -0.05) is 24.3 Å². The van der Waals surface area contributed by atoms with E-state index >= 15 is 0 Å². The molecule has 0 fully saturated rings. The van der Waals surface area contributed by atoms with Gasteiger partial charge in [-0.25, -0.2) is 0 Å². The van der Waals surface area contributed by atoms with Crippen molar-refractivity contribution in [3.05, 3.63) is 35.4 Å². The second kappa shape index (κ2) is 7.26. The summed E-state index contributed by atoms with van der Waals surface area (Å²) in [7, 11) is 1.63. The Morgan fingerprint density at radius 3 is 3.05 bits per heavy atom. The first-order valence-electron chi connectivity index (χ1n) is 6.88. The molecule has 0 saturated heterocycles. The van der Waals surface area contributed by atoms with E-state index in [0.717, 1.165) is 19.4 Å². The third kappa shape index (κ3) is 4.04. The molecule has 0 aromatic heterocycles. The van der Waals surface area contributed by atoms with E-state index in [4.69, 9.17) is 4.74 Å². The third-order valence-electron chi connectivity index (χ3n) is 3.50. The van der Waals surface area contributed by atoms with E-state index in [2.05, 4.69) is 34.9 Å². The fourth-order valence-corrected chi connectivity index (χ4v) is 2.51. The molecule has 0 radical (unpaired) electrons. The van der Waals surface area contributed by atoms with Gasteiger partial charge in [0.25, 0.3) is 0 Å². The Labute approximate surface area is 114 Å². The van der Waals surface area contributed by atoms with Crippen molar-refractivity contribution in [2.24, 2.45) is 0 Å². The summed E-state index contributed by atoms with van der Waals surface area (Å²) in [6, 6.07) is 8.94. The average Bonchev–Trinajstić information content (AvgIpc) is 2.83. The number of carbonyl (C=O) groups excluding carboxylic acids is 1. The zero-order valence-corrected chi connectivity index (χ0v) is 11.4. The van der Waals surface area contributed by atoms with Crippen LogP contribution >= 0.6 is 0 Å². The second-order valence-corrected chi connectivity index (χ2v) is 4.84. The summed E-state index contributed by atoms with van der Waals surface area (Å²) in [5.41, 5.74) is 2.83. The topological polar surface area (TPSA) is 50.4 Å². The Bertz CT molecular complexity index is 420. The molecular weight excluding hydrogens is 240 g/mol. The van der Waals surface area contributed by atoms with E-state index in [1.807, 2.05) is 0 Å². The van der Waals surface area contributed by atoms with Crippen LogP contribution in [0.5, 0.6) is 0 Å². The maximum Gasteiger partial charge on any atom is 0.221 e. The van der Waals surface area contributed by atoms with Crippen LogP contribution in [0.15, 0.2) is 24.3 Å². The minimum absolute atomic E-state index is 0.0795. The van der Waals surface area contributed by atoms with E-state index in [1.165, 1.54) is 11.1 Å². The smallest absolute Gasteiger partial charge is 0.221 e. The van der Waals surface area contributed by atoms with Crippen molar-refractivity contribution in [1.29, 1.82) is 0 Å². The normalized spacial score (nSPS) is 17.2. The summed E-state index contributed by atoms with van der Waals surface area (Å²) in [5, 5.41) is 6.29. The van der Waals surface area contributed by atoms with Crippen LogP contribution < -0.4 is 10.6 Å². The molecule has 1 unspecified atom stereocenters. The van der Waals surface area contributed by atoms with Crippen molar-refractivity contribution in [1.82, 2.24) is 10.6 Å². The molecule has 1 atom stereocenters. The Balaban J connectivity index is 1.68. The number of aryl methyl sites for hydroxylation is 1. The van der Waals surface area contributed by atoms with Gasteiger partial charge in [-0.05, 0) is 24.0 Å². The van der Waals surface area contributed by atoms with Gasteiger partial charge in [0.2, 0.25) is 5.91 Å². The lowest BCUT2D eigenvalue weighted by molar-refractivity contribution is -0.121. The number of methoxy groups -OCH3 is 1. The van der Waals surface area contributed by atoms with Crippen molar-refractivity contribution in [3.8, 4) is 0 Å². The number of benzene rings is 1. The SMILES string of the molecule is COCCNC(=O)CCNC1CCc2ccccc21. The highest BCUT2D eigenvalue weighted by Crippen LogP contribution is 2.30. The number of hydrogen-bond donors (Lipinski definition) is 2. The molecule has 0 aliphatic heterocycles. The quantitative estimate of drug-likeness (QED) is 0.731. The van der Waals surface area contributed by atoms with Crippen LogP contribution in [0, 0.1) is 0 Å². The van der Waals surface area contributed by atoms with E-state index in [-0.39, 0.29) is 5.91 Å². The van der Waals surface area contributed by atoms with Crippen LogP contribution in [0.4, 0.5) is 0 Å². The molecule has 1 amide bonds. The minimum Gasteiger partial charge on any atom is -0.383 e. The van der Waals surface area contributed by atoms with E-state index in [1.54, 1.807) is 7.11 Å². The summed E-state index contributed by atoms with van der Waals surface area (Å²) >= 11 is 0. The Kier molecular flexibility index (Phi) is 5.36. The van der Waals surface area contributed by atoms with E-state index in [9.17, 15) is 4.79 Å². The minimum atomic E-state index is 0.0795. The third-order valence-corrected chi connectivity index (χ3v) is 3.50. The van der Waals surface area contributed by atoms with Gasteiger partial charge in [0.1, 0.15) is 0 Å². The standard InChI is InChI=1S/C15H22N2O2/c1-19-11-10-17-15(18)8-9-16-14-7-6-12-4-2-3-5-13(12)14/h2-5,14,16H,6-11H2,1H3,(H,17,18). The summed E-state index contributed by atoms with van der Waals surface area (Å²) in [6.07, 6.45) is 2.78. The summed E-state index contributed by atoms with van der Waals surface area (Å²) in [5.74, 6) is 0.0795. The molecular formula is C15H22N2O2. The predicted octanol–water partition coefficient (Wildman–Crippen LogP) is 1.42. The maximum absolute atomic E-state index is 11.5. The first kappa shape index (κ1) is 14.0. The van der Waals surface area contributed by atoms with Gasteiger partial charge in [-0.3, -0.25) is 4.79 Å². The summed E-state index contributed by atoms with van der Waals surface area (Å²) in [6.45, 7) is 1.87. The number of nitrogens with one attached hydrogen (secondary N) is 2. The molecule has 4 nitrogen and oxygen atoms in total. The summed E-state index contributed by atoms with van der Waals surface area (Å²) < 4.78 is 4.89. The van der Waals surface area contributed by atoms with Crippen LogP contribution in [0.2, 0.25) is 0 Å². The second-order valence-electron chi connectivity index (χ2n) is 4.84. The van der Waals surface area contributed by atoms with Crippen molar-refractivity contribution in [2.45, 2.75) is 25.3 Å². The van der Waals surface area contributed by atoms with E-state index in [0.29, 0.717) is 25.6 Å². The first-order valence-corrected chi connectivity index (χ1v) is 6.88. The number of rotatable bonds is 7. The average molecular weight is 262 g/mol. The van der Waals surface area contributed by atoms with Gasteiger partial charge < -0.3 is 15.4 Å². The van der Waals surface area contributed by atoms with Gasteiger partial charge in [-0.2, -0.15) is 0 Å². The fraction of sp³-hybridized carbons (Fsp3) is 0.533. The van der Waals surface area contributed by atoms with Crippen molar-refractivity contribution in [3.63, 3.8) is 0 Å². The molecule has 2 N–H and O–H groups in total. The number of carbonyl (C=O) groups is 1. The molecule has 1 aliphatic rings. The first-order chi connectivity index (χ1) is 9.31. The van der Waals surface area contributed by atoms with Crippen LogP contribution in [0.1, 0.15) is 30.0 Å². The molecule has 1 aromatic rings. The largest absolute Gasteiger partial charge is 0.383 e. The lowest BCUT2D eigenvalue weighted by Crippen LogP contribution is -2.31. The molecule has 104 valence electrons. The molecule has 1 aliphatic carbocycles. The van der Waals surface area contributed by atoms with Gasteiger partial charge in [0.05, 0.1) is 6.61 Å². The zero-order chi connectivity index (χ0) is 13.5. The molecule has 1 aromatic carbocycles. The van der Waals surface area contributed by atoms with Crippen molar-refractivity contribution < 1.29 is 9.53 Å². The molecule has 0 bridgehead atoms. The number of ether oxygens (including phenoxy) is 1. The van der Waals surface area contributed by atoms with Crippen LogP contribution in [-0.2, 0) is 16.0 Å². The monoisotopic (exact) mass is 262 g/mol. The van der Waals surface area contributed by atoms with Crippen molar-refractivity contribution >= 4 is 5.91 Å². The van der Waals surface area contributed by atoms with E-state index < -0.39 is 0 Å². The zero-order valence-electron chi connectivity index (χ0n) is 11.4. The molecule has 2 rings (SSSR count). The van der Waals surface area contributed by atoms with Crippen LogP contribution in [0.3, 0.4) is 0 Å².